The Labute approximate surface area is 150 Å². The van der Waals surface area contributed by atoms with Crippen LogP contribution < -0.4 is 5.48 Å². The van der Waals surface area contributed by atoms with Crippen LogP contribution in [0.2, 0.25) is 0 Å². The summed E-state index contributed by atoms with van der Waals surface area (Å²) in [5.74, 6) is -0.709. The molecule has 0 saturated heterocycles. The second-order valence-corrected chi connectivity index (χ2v) is 6.59. The highest BCUT2D eigenvalue weighted by atomic mass is 16.5. The van der Waals surface area contributed by atoms with Crippen LogP contribution in [-0.2, 0) is 13.0 Å². The fourth-order valence-electron chi connectivity index (χ4n) is 3.63. The van der Waals surface area contributed by atoms with Gasteiger partial charge in [-0.15, -0.1) is 0 Å². The molecule has 1 aliphatic heterocycles. The van der Waals surface area contributed by atoms with Crippen molar-refractivity contribution in [1.82, 2.24) is 14.9 Å². The highest BCUT2D eigenvalue weighted by Gasteiger charge is 2.25. The molecule has 0 radical (unpaired) electrons. The second-order valence-electron chi connectivity index (χ2n) is 6.59. The van der Waals surface area contributed by atoms with E-state index in [1.165, 1.54) is 17.7 Å². The summed E-state index contributed by atoms with van der Waals surface area (Å²) in [6.45, 7) is 1.73. The van der Waals surface area contributed by atoms with Crippen molar-refractivity contribution in [3.63, 3.8) is 0 Å². The number of likely N-dealkylation sites (N-methyl/N-ethyl adjacent to an activating group) is 1. The number of carbonyl (C=O) groups is 2. The maximum atomic E-state index is 13.2. The predicted molar refractivity (Wildman–Crippen MR) is 97.4 cm³/mol. The molecule has 0 spiro atoms. The first kappa shape index (κ1) is 16.5. The first-order valence-electron chi connectivity index (χ1n) is 8.49. The molecule has 3 aromatic rings. The summed E-state index contributed by atoms with van der Waals surface area (Å²) in [5.41, 5.74) is 5.57. The standard InChI is InChI=1S/C20H19N3O3/c1-22-11-10-18-16(12-22)15-4-2-3-5-17(15)23(18)20(25)14-8-6-13(7-9-14)19(24)21-26/h2-9,26H,10-12H2,1H3,(H,21,24). The maximum absolute atomic E-state index is 13.2. The molecule has 1 amide bonds. The predicted octanol–water partition coefficient (Wildman–Crippen LogP) is 2.44. The Morgan fingerprint density at radius 2 is 1.73 bits per heavy atom. The average Bonchev–Trinajstić information content (AvgIpc) is 3.00. The molecule has 0 aliphatic carbocycles. The van der Waals surface area contributed by atoms with E-state index in [0.29, 0.717) is 11.1 Å². The molecule has 26 heavy (non-hydrogen) atoms. The molecular weight excluding hydrogens is 330 g/mol. The van der Waals surface area contributed by atoms with E-state index >= 15 is 0 Å². The van der Waals surface area contributed by atoms with Crippen molar-refractivity contribution < 1.29 is 14.8 Å². The minimum atomic E-state index is -0.601. The molecule has 1 aromatic heterocycles. The van der Waals surface area contributed by atoms with Crippen LogP contribution in [0.25, 0.3) is 10.9 Å². The number of para-hydroxylation sites is 1. The van der Waals surface area contributed by atoms with Crippen molar-refractivity contribution in [2.75, 3.05) is 13.6 Å². The number of nitrogens with one attached hydrogen (secondary N) is 1. The van der Waals surface area contributed by atoms with Crippen LogP contribution in [-0.4, -0.2) is 40.1 Å². The Bertz CT molecular complexity index is 1010. The zero-order valence-corrected chi connectivity index (χ0v) is 14.4. The lowest BCUT2D eigenvalue weighted by Gasteiger charge is -2.23. The van der Waals surface area contributed by atoms with Gasteiger partial charge >= 0.3 is 0 Å². The van der Waals surface area contributed by atoms with Crippen molar-refractivity contribution in [1.29, 1.82) is 0 Å². The van der Waals surface area contributed by atoms with Crippen molar-refractivity contribution in [3.8, 4) is 0 Å². The van der Waals surface area contributed by atoms with Gasteiger partial charge in [-0.1, -0.05) is 18.2 Å². The number of carbonyl (C=O) groups excluding carboxylic acids is 2. The van der Waals surface area contributed by atoms with Crippen molar-refractivity contribution in [2.45, 2.75) is 13.0 Å². The average molecular weight is 349 g/mol. The van der Waals surface area contributed by atoms with Crippen LogP contribution in [0, 0.1) is 0 Å². The van der Waals surface area contributed by atoms with Gasteiger partial charge in [-0.05, 0) is 42.9 Å². The molecule has 2 aromatic carbocycles. The summed E-state index contributed by atoms with van der Waals surface area (Å²) in [6, 6.07) is 14.3. The number of nitrogens with zero attached hydrogens (tertiary/aromatic N) is 2. The Kier molecular flexibility index (Phi) is 4.06. The SMILES string of the molecule is CN1CCc2c(c3ccccc3n2C(=O)c2ccc(C(=O)NO)cc2)C1. The monoisotopic (exact) mass is 349 g/mol. The van der Waals surface area contributed by atoms with E-state index in [4.69, 9.17) is 5.21 Å². The zero-order valence-electron chi connectivity index (χ0n) is 14.4. The maximum Gasteiger partial charge on any atom is 0.274 e. The van der Waals surface area contributed by atoms with Crippen molar-refractivity contribution in [3.05, 3.63) is 70.9 Å². The third kappa shape index (κ3) is 2.60. The number of hydrogen-bond donors (Lipinski definition) is 2. The summed E-state index contributed by atoms with van der Waals surface area (Å²) < 4.78 is 1.80. The molecule has 1 aliphatic rings. The van der Waals surface area contributed by atoms with E-state index in [2.05, 4.69) is 18.0 Å². The number of hydrogen-bond acceptors (Lipinski definition) is 4. The van der Waals surface area contributed by atoms with Gasteiger partial charge in [0, 0.05) is 41.7 Å². The van der Waals surface area contributed by atoms with E-state index in [0.717, 1.165) is 36.1 Å². The molecule has 0 fully saturated rings. The van der Waals surface area contributed by atoms with Crippen LogP contribution in [0.3, 0.4) is 0 Å². The van der Waals surface area contributed by atoms with E-state index in [1.807, 2.05) is 18.2 Å². The summed E-state index contributed by atoms with van der Waals surface area (Å²) in [4.78, 5) is 26.9. The van der Waals surface area contributed by atoms with Crippen molar-refractivity contribution in [2.24, 2.45) is 0 Å². The summed E-state index contributed by atoms with van der Waals surface area (Å²) >= 11 is 0. The zero-order chi connectivity index (χ0) is 18.3. The van der Waals surface area contributed by atoms with Crippen LogP contribution >= 0.6 is 0 Å². The summed E-state index contributed by atoms with van der Waals surface area (Å²) in [6.07, 6.45) is 0.817. The topological polar surface area (TPSA) is 74.6 Å². The normalized spacial score (nSPS) is 14.2. The van der Waals surface area contributed by atoms with Crippen LogP contribution in [0.4, 0.5) is 0 Å². The summed E-state index contributed by atoms with van der Waals surface area (Å²) in [5, 5.41) is 9.82. The number of rotatable bonds is 2. The molecular formula is C20H19N3O3. The number of hydroxylamine groups is 1. The third-order valence-corrected chi connectivity index (χ3v) is 4.95. The van der Waals surface area contributed by atoms with E-state index < -0.39 is 5.91 Å². The van der Waals surface area contributed by atoms with E-state index in [-0.39, 0.29) is 5.91 Å². The molecule has 0 unspecified atom stereocenters. The van der Waals surface area contributed by atoms with Crippen LogP contribution in [0.1, 0.15) is 32.0 Å². The lowest BCUT2D eigenvalue weighted by Crippen LogP contribution is -2.28. The Hall–Kier alpha value is -2.96. The lowest BCUT2D eigenvalue weighted by molar-refractivity contribution is 0.0706. The van der Waals surface area contributed by atoms with Crippen LogP contribution in [0.15, 0.2) is 48.5 Å². The molecule has 0 bridgehead atoms. The highest BCUT2D eigenvalue weighted by Crippen LogP contribution is 2.31. The van der Waals surface area contributed by atoms with Gasteiger partial charge in [0.25, 0.3) is 11.8 Å². The fraction of sp³-hybridized carbons (Fsp3) is 0.200. The van der Waals surface area contributed by atoms with Gasteiger partial charge in [0.15, 0.2) is 0 Å². The lowest BCUT2D eigenvalue weighted by atomic mass is 10.0. The number of aromatic nitrogens is 1. The molecule has 2 N–H and O–H groups in total. The third-order valence-electron chi connectivity index (χ3n) is 4.95. The van der Waals surface area contributed by atoms with E-state index in [9.17, 15) is 9.59 Å². The van der Waals surface area contributed by atoms with Gasteiger partial charge in [0.05, 0.1) is 5.52 Å². The van der Waals surface area contributed by atoms with Crippen LogP contribution in [0.5, 0.6) is 0 Å². The number of benzene rings is 2. The van der Waals surface area contributed by atoms with Gasteiger partial charge in [0.1, 0.15) is 0 Å². The Balaban J connectivity index is 1.81. The van der Waals surface area contributed by atoms with Gasteiger partial charge in [-0.3, -0.25) is 19.4 Å². The largest absolute Gasteiger partial charge is 0.302 e. The molecule has 6 heteroatoms. The fourth-order valence-corrected chi connectivity index (χ4v) is 3.63. The molecule has 4 rings (SSSR count). The molecule has 0 saturated carbocycles. The van der Waals surface area contributed by atoms with Gasteiger partial charge in [0.2, 0.25) is 0 Å². The second kappa shape index (κ2) is 6.40. The smallest absolute Gasteiger partial charge is 0.274 e. The molecule has 0 atom stereocenters. The Morgan fingerprint density at radius 3 is 2.46 bits per heavy atom. The Morgan fingerprint density at radius 1 is 1.04 bits per heavy atom. The first-order chi connectivity index (χ1) is 12.6. The van der Waals surface area contributed by atoms with Gasteiger partial charge < -0.3 is 4.90 Å². The van der Waals surface area contributed by atoms with Gasteiger partial charge in [-0.25, -0.2) is 5.48 Å². The van der Waals surface area contributed by atoms with E-state index in [1.54, 1.807) is 22.2 Å². The summed E-state index contributed by atoms with van der Waals surface area (Å²) in [7, 11) is 2.09. The number of fused-ring (bicyclic) bond motifs is 3. The minimum Gasteiger partial charge on any atom is -0.302 e. The van der Waals surface area contributed by atoms with Crippen molar-refractivity contribution >= 4 is 22.7 Å². The quantitative estimate of drug-likeness (QED) is 0.550. The molecule has 6 nitrogen and oxygen atoms in total. The highest BCUT2D eigenvalue weighted by molar-refractivity contribution is 6.04. The molecule has 132 valence electrons. The minimum absolute atomic E-state index is 0.108. The number of amides is 1. The van der Waals surface area contributed by atoms with Gasteiger partial charge in [-0.2, -0.15) is 0 Å². The molecule has 2 heterocycles. The first-order valence-corrected chi connectivity index (χ1v) is 8.49.